The predicted molar refractivity (Wildman–Crippen MR) is 95.2 cm³/mol. The molecule has 6 heteroatoms. The van der Waals surface area contributed by atoms with Gasteiger partial charge in [0.05, 0.1) is 6.10 Å². The molecule has 0 spiro atoms. The van der Waals surface area contributed by atoms with E-state index in [0.717, 1.165) is 36.8 Å². The van der Waals surface area contributed by atoms with Crippen LogP contribution in [0.25, 0.3) is 0 Å². The van der Waals surface area contributed by atoms with Crippen molar-refractivity contribution in [2.24, 2.45) is 5.73 Å². The highest BCUT2D eigenvalue weighted by molar-refractivity contribution is 5.94. The third-order valence-electron chi connectivity index (χ3n) is 5.09. The van der Waals surface area contributed by atoms with Crippen LogP contribution in [-0.2, 0) is 9.53 Å². The number of benzene rings is 1. The Balaban J connectivity index is 1.46. The summed E-state index contributed by atoms with van der Waals surface area (Å²) in [4.78, 5) is 26.7. The lowest BCUT2D eigenvalue weighted by Crippen LogP contribution is -2.48. The number of nitrogens with zero attached hydrogens (tertiary/aromatic N) is 1. The van der Waals surface area contributed by atoms with E-state index in [9.17, 15) is 9.59 Å². The zero-order valence-electron chi connectivity index (χ0n) is 14.7. The van der Waals surface area contributed by atoms with Crippen molar-refractivity contribution in [2.45, 2.75) is 50.9 Å². The number of carbonyl (C=O) groups excluding carboxylic acids is 2. The van der Waals surface area contributed by atoms with Crippen LogP contribution in [0.2, 0.25) is 0 Å². The predicted octanol–water partition coefficient (Wildman–Crippen LogP) is 1.22. The smallest absolute Gasteiger partial charge is 0.253 e. The third-order valence-corrected chi connectivity index (χ3v) is 5.09. The maximum absolute atomic E-state index is 12.5. The molecule has 0 aliphatic carbocycles. The number of carbonyl (C=O) groups is 2. The van der Waals surface area contributed by atoms with Crippen LogP contribution in [-0.4, -0.2) is 54.6 Å². The summed E-state index contributed by atoms with van der Waals surface area (Å²) in [7, 11) is 0. The first-order chi connectivity index (χ1) is 12.1. The Morgan fingerprint density at radius 3 is 2.44 bits per heavy atom. The van der Waals surface area contributed by atoms with Gasteiger partial charge in [-0.25, -0.2) is 0 Å². The number of amides is 2. The molecule has 6 nitrogen and oxygen atoms in total. The average Bonchev–Trinajstić information content (AvgIpc) is 3.12. The molecule has 1 aromatic rings. The number of hydrogen-bond donors (Lipinski definition) is 2. The minimum atomic E-state index is -0.374. The number of nitrogens with two attached hydrogens (primary N) is 1. The Bertz CT molecular complexity index is 609. The van der Waals surface area contributed by atoms with E-state index in [1.807, 2.05) is 36.1 Å². The maximum Gasteiger partial charge on any atom is 0.253 e. The van der Waals surface area contributed by atoms with Crippen LogP contribution < -0.4 is 11.1 Å². The average molecular weight is 345 g/mol. The topological polar surface area (TPSA) is 84.7 Å². The molecule has 0 aromatic heterocycles. The van der Waals surface area contributed by atoms with Crippen LogP contribution in [0.3, 0.4) is 0 Å². The van der Waals surface area contributed by atoms with E-state index in [0.29, 0.717) is 19.6 Å². The van der Waals surface area contributed by atoms with Crippen LogP contribution in [0.15, 0.2) is 24.3 Å². The SMILES string of the molecule is Cc1ccc(C(=O)N2CCC(NC(=O)[C@@H]3CC[C@H](CN)O3)CC2)cc1. The molecular formula is C19H27N3O3. The van der Waals surface area contributed by atoms with Gasteiger partial charge in [0.1, 0.15) is 6.10 Å². The quantitative estimate of drug-likeness (QED) is 0.859. The number of piperidine rings is 1. The number of hydrogen-bond acceptors (Lipinski definition) is 4. The first-order valence-corrected chi connectivity index (χ1v) is 9.08. The normalized spacial score (nSPS) is 24.3. The first-order valence-electron chi connectivity index (χ1n) is 9.08. The van der Waals surface area contributed by atoms with Gasteiger partial charge < -0.3 is 20.7 Å². The minimum Gasteiger partial charge on any atom is -0.364 e. The zero-order chi connectivity index (χ0) is 17.8. The lowest BCUT2D eigenvalue weighted by Gasteiger charge is -2.33. The molecule has 2 fully saturated rings. The largest absolute Gasteiger partial charge is 0.364 e. The minimum absolute atomic E-state index is 0.00438. The molecule has 0 radical (unpaired) electrons. The first kappa shape index (κ1) is 17.9. The van der Waals surface area contributed by atoms with Crippen molar-refractivity contribution in [1.82, 2.24) is 10.2 Å². The van der Waals surface area contributed by atoms with E-state index in [4.69, 9.17) is 10.5 Å². The molecule has 0 unspecified atom stereocenters. The second-order valence-corrected chi connectivity index (χ2v) is 7.00. The van der Waals surface area contributed by atoms with Gasteiger partial charge in [0.15, 0.2) is 0 Å². The van der Waals surface area contributed by atoms with Crippen molar-refractivity contribution in [3.05, 3.63) is 35.4 Å². The van der Waals surface area contributed by atoms with Gasteiger partial charge in [-0.3, -0.25) is 9.59 Å². The number of rotatable bonds is 4. The van der Waals surface area contributed by atoms with Crippen LogP contribution in [0.1, 0.15) is 41.6 Å². The molecule has 2 saturated heterocycles. The lowest BCUT2D eigenvalue weighted by atomic mass is 10.0. The van der Waals surface area contributed by atoms with Gasteiger partial charge in [0, 0.05) is 31.2 Å². The van der Waals surface area contributed by atoms with E-state index in [1.54, 1.807) is 0 Å². The Labute approximate surface area is 148 Å². The van der Waals surface area contributed by atoms with Gasteiger partial charge in [-0.2, -0.15) is 0 Å². The molecule has 3 N–H and O–H groups in total. The second kappa shape index (κ2) is 7.97. The molecule has 0 bridgehead atoms. The van der Waals surface area contributed by atoms with E-state index in [2.05, 4.69) is 5.32 Å². The molecule has 2 aliphatic rings. The van der Waals surface area contributed by atoms with Gasteiger partial charge in [-0.15, -0.1) is 0 Å². The number of nitrogens with one attached hydrogen (secondary N) is 1. The summed E-state index contributed by atoms with van der Waals surface area (Å²) in [6.45, 7) is 3.79. The van der Waals surface area contributed by atoms with Gasteiger partial charge in [0.25, 0.3) is 5.91 Å². The van der Waals surface area contributed by atoms with Gasteiger partial charge in [0.2, 0.25) is 5.91 Å². The van der Waals surface area contributed by atoms with Crippen molar-refractivity contribution in [3.8, 4) is 0 Å². The Hall–Kier alpha value is -1.92. The fraction of sp³-hybridized carbons (Fsp3) is 0.579. The Kier molecular flexibility index (Phi) is 5.71. The van der Waals surface area contributed by atoms with Gasteiger partial charge in [-0.05, 0) is 44.7 Å². The fourth-order valence-electron chi connectivity index (χ4n) is 3.47. The van der Waals surface area contributed by atoms with Crippen molar-refractivity contribution in [1.29, 1.82) is 0 Å². The van der Waals surface area contributed by atoms with Gasteiger partial charge in [-0.1, -0.05) is 17.7 Å². The van der Waals surface area contributed by atoms with E-state index < -0.39 is 0 Å². The number of ether oxygens (including phenoxy) is 1. The fourth-order valence-corrected chi connectivity index (χ4v) is 3.47. The highest BCUT2D eigenvalue weighted by Crippen LogP contribution is 2.20. The summed E-state index contributed by atoms with van der Waals surface area (Å²) < 4.78 is 5.64. The summed E-state index contributed by atoms with van der Waals surface area (Å²) in [6, 6.07) is 7.76. The van der Waals surface area contributed by atoms with Crippen molar-refractivity contribution >= 4 is 11.8 Å². The van der Waals surface area contributed by atoms with E-state index >= 15 is 0 Å². The maximum atomic E-state index is 12.5. The summed E-state index contributed by atoms with van der Waals surface area (Å²) in [6.07, 6.45) is 2.76. The Morgan fingerprint density at radius 2 is 1.84 bits per heavy atom. The molecule has 2 amide bonds. The highest BCUT2D eigenvalue weighted by Gasteiger charge is 2.32. The second-order valence-electron chi connectivity index (χ2n) is 7.00. The molecule has 3 rings (SSSR count). The standard InChI is InChI=1S/C19H27N3O3/c1-13-2-4-14(5-3-13)19(24)22-10-8-15(9-11-22)21-18(23)17-7-6-16(12-20)25-17/h2-5,15-17H,6-12,20H2,1H3,(H,21,23)/t16-,17+/m1/s1. The summed E-state index contributed by atoms with van der Waals surface area (Å²) in [5, 5.41) is 3.07. The van der Waals surface area contributed by atoms with Crippen molar-refractivity contribution in [3.63, 3.8) is 0 Å². The zero-order valence-corrected chi connectivity index (χ0v) is 14.7. The number of likely N-dealkylation sites (tertiary alicyclic amines) is 1. The van der Waals surface area contributed by atoms with Gasteiger partial charge >= 0.3 is 0 Å². The van der Waals surface area contributed by atoms with E-state index in [-0.39, 0.29) is 30.1 Å². The monoisotopic (exact) mass is 345 g/mol. The Morgan fingerprint density at radius 1 is 1.16 bits per heavy atom. The molecule has 25 heavy (non-hydrogen) atoms. The van der Waals surface area contributed by atoms with Crippen LogP contribution in [0.5, 0.6) is 0 Å². The molecule has 2 aliphatic heterocycles. The summed E-state index contributed by atoms with van der Waals surface area (Å²) in [5.41, 5.74) is 7.45. The van der Waals surface area contributed by atoms with Crippen molar-refractivity contribution in [2.75, 3.05) is 19.6 Å². The lowest BCUT2D eigenvalue weighted by molar-refractivity contribution is -0.132. The third kappa shape index (κ3) is 4.38. The van der Waals surface area contributed by atoms with E-state index in [1.165, 1.54) is 0 Å². The van der Waals surface area contributed by atoms with Crippen LogP contribution >= 0.6 is 0 Å². The van der Waals surface area contributed by atoms with Crippen molar-refractivity contribution < 1.29 is 14.3 Å². The summed E-state index contributed by atoms with van der Waals surface area (Å²) in [5.74, 6) is 0.0222. The molecular weight excluding hydrogens is 318 g/mol. The molecule has 2 atom stereocenters. The molecule has 0 saturated carbocycles. The van der Waals surface area contributed by atoms with Crippen LogP contribution in [0.4, 0.5) is 0 Å². The van der Waals surface area contributed by atoms with Crippen LogP contribution in [0, 0.1) is 6.92 Å². The molecule has 136 valence electrons. The highest BCUT2D eigenvalue weighted by atomic mass is 16.5. The summed E-state index contributed by atoms with van der Waals surface area (Å²) >= 11 is 0. The molecule has 2 heterocycles. The molecule has 1 aromatic carbocycles. The number of aryl methyl sites for hydroxylation is 1.